The molecule has 1 aliphatic rings. The van der Waals surface area contributed by atoms with Gasteiger partial charge in [0.2, 0.25) is 0 Å². The minimum absolute atomic E-state index is 0.00281. The fourth-order valence-corrected chi connectivity index (χ4v) is 1.86. The van der Waals surface area contributed by atoms with E-state index in [0.717, 1.165) is 32.7 Å². The lowest BCUT2D eigenvalue weighted by atomic mass is 10.3. The summed E-state index contributed by atoms with van der Waals surface area (Å²) in [4.78, 5) is 27.9. The van der Waals surface area contributed by atoms with E-state index in [1.165, 1.54) is 4.90 Å². The number of rotatable bonds is 4. The van der Waals surface area contributed by atoms with Gasteiger partial charge >= 0.3 is 12.0 Å². The van der Waals surface area contributed by atoms with E-state index in [0.29, 0.717) is 0 Å². The van der Waals surface area contributed by atoms with Gasteiger partial charge in [-0.15, -0.1) is 0 Å². The van der Waals surface area contributed by atoms with E-state index in [4.69, 9.17) is 5.11 Å². The molecular weight excluding hydrogens is 222 g/mol. The summed E-state index contributed by atoms with van der Waals surface area (Å²) >= 11 is 0. The van der Waals surface area contributed by atoms with Gasteiger partial charge in [0.15, 0.2) is 0 Å². The van der Waals surface area contributed by atoms with Gasteiger partial charge in [0.1, 0.15) is 0 Å². The molecule has 2 amide bonds. The van der Waals surface area contributed by atoms with E-state index in [1.54, 1.807) is 11.9 Å². The van der Waals surface area contributed by atoms with Crippen molar-refractivity contribution in [3.63, 3.8) is 0 Å². The van der Waals surface area contributed by atoms with Gasteiger partial charge in [-0.25, -0.2) is 4.79 Å². The molecule has 1 rings (SSSR count). The number of carbonyl (C=O) groups excluding carboxylic acids is 1. The largest absolute Gasteiger partial charge is 0.481 e. The second-order valence-electron chi connectivity index (χ2n) is 4.27. The molecule has 17 heavy (non-hydrogen) atoms. The van der Waals surface area contributed by atoms with Crippen LogP contribution in [-0.2, 0) is 4.79 Å². The van der Waals surface area contributed by atoms with Crippen LogP contribution >= 0.6 is 0 Å². The Hall–Kier alpha value is -1.30. The van der Waals surface area contributed by atoms with Gasteiger partial charge in [-0.05, 0) is 6.54 Å². The maximum atomic E-state index is 11.9. The zero-order valence-corrected chi connectivity index (χ0v) is 10.6. The predicted octanol–water partition coefficient (Wildman–Crippen LogP) is 0.150. The van der Waals surface area contributed by atoms with Gasteiger partial charge < -0.3 is 19.8 Å². The molecule has 0 saturated carbocycles. The first kappa shape index (κ1) is 13.8. The molecule has 0 radical (unpaired) electrons. The number of urea groups is 1. The van der Waals surface area contributed by atoms with Crippen molar-refractivity contribution in [3.05, 3.63) is 0 Å². The fourth-order valence-electron chi connectivity index (χ4n) is 1.86. The average molecular weight is 243 g/mol. The molecule has 0 spiro atoms. The first-order valence-corrected chi connectivity index (χ1v) is 5.98. The average Bonchev–Trinajstić information content (AvgIpc) is 2.35. The number of amides is 2. The van der Waals surface area contributed by atoms with E-state index < -0.39 is 5.97 Å². The van der Waals surface area contributed by atoms with Crippen LogP contribution in [0.5, 0.6) is 0 Å². The number of hydrogen-bond acceptors (Lipinski definition) is 3. The molecule has 1 heterocycles. The van der Waals surface area contributed by atoms with Crippen LogP contribution in [0.4, 0.5) is 4.79 Å². The van der Waals surface area contributed by atoms with Gasteiger partial charge in [0, 0.05) is 39.8 Å². The van der Waals surface area contributed by atoms with Crippen LogP contribution in [0.3, 0.4) is 0 Å². The Morgan fingerprint density at radius 2 is 1.82 bits per heavy atom. The Bertz CT molecular complexity index is 275. The summed E-state index contributed by atoms with van der Waals surface area (Å²) in [5.41, 5.74) is 0. The quantitative estimate of drug-likeness (QED) is 0.763. The summed E-state index contributed by atoms with van der Waals surface area (Å²) in [6, 6.07) is -0.0676. The fraction of sp³-hybridized carbons (Fsp3) is 0.818. The van der Waals surface area contributed by atoms with Crippen molar-refractivity contribution in [3.8, 4) is 0 Å². The van der Waals surface area contributed by atoms with Crippen molar-refractivity contribution in [1.82, 2.24) is 14.7 Å². The highest BCUT2D eigenvalue weighted by molar-refractivity contribution is 5.75. The zero-order valence-electron chi connectivity index (χ0n) is 10.6. The Labute approximate surface area is 102 Å². The maximum absolute atomic E-state index is 11.9. The standard InChI is InChI=1S/C11H21N3O3/c1-3-13-6-8-14(9-7-13)11(17)12(2)5-4-10(15)16/h3-9H2,1-2H3,(H,15,16). The van der Waals surface area contributed by atoms with Crippen LogP contribution in [0, 0.1) is 0 Å². The highest BCUT2D eigenvalue weighted by Gasteiger charge is 2.22. The molecule has 1 N–H and O–H groups in total. The smallest absolute Gasteiger partial charge is 0.319 e. The number of piperazine rings is 1. The van der Waals surface area contributed by atoms with E-state index in [2.05, 4.69) is 11.8 Å². The molecule has 0 aromatic rings. The second-order valence-corrected chi connectivity index (χ2v) is 4.27. The van der Waals surface area contributed by atoms with Gasteiger partial charge in [0.05, 0.1) is 6.42 Å². The van der Waals surface area contributed by atoms with E-state index >= 15 is 0 Å². The van der Waals surface area contributed by atoms with Crippen LogP contribution in [0.25, 0.3) is 0 Å². The monoisotopic (exact) mass is 243 g/mol. The molecule has 1 saturated heterocycles. The zero-order chi connectivity index (χ0) is 12.8. The van der Waals surface area contributed by atoms with Crippen LogP contribution < -0.4 is 0 Å². The van der Waals surface area contributed by atoms with E-state index in [-0.39, 0.29) is 19.0 Å². The van der Waals surface area contributed by atoms with Gasteiger partial charge in [0.25, 0.3) is 0 Å². The maximum Gasteiger partial charge on any atom is 0.319 e. The normalized spacial score (nSPS) is 16.9. The highest BCUT2D eigenvalue weighted by atomic mass is 16.4. The summed E-state index contributed by atoms with van der Waals surface area (Å²) in [7, 11) is 1.65. The number of aliphatic carboxylic acids is 1. The second kappa shape index (κ2) is 6.44. The summed E-state index contributed by atoms with van der Waals surface area (Å²) in [6.07, 6.45) is -0.00281. The summed E-state index contributed by atoms with van der Waals surface area (Å²) in [5, 5.41) is 8.56. The first-order chi connectivity index (χ1) is 8.04. The Kier molecular flexibility index (Phi) is 5.21. The van der Waals surface area contributed by atoms with E-state index in [1.807, 2.05) is 0 Å². The lowest BCUT2D eigenvalue weighted by Crippen LogP contribution is -2.52. The third-order valence-electron chi connectivity index (χ3n) is 3.08. The Balaban J connectivity index is 2.34. The molecule has 0 unspecified atom stereocenters. The van der Waals surface area contributed by atoms with Crippen LogP contribution in [0.1, 0.15) is 13.3 Å². The third-order valence-corrected chi connectivity index (χ3v) is 3.08. The molecule has 6 nitrogen and oxygen atoms in total. The number of carbonyl (C=O) groups is 2. The molecule has 0 aromatic carbocycles. The van der Waals surface area contributed by atoms with Gasteiger partial charge in [-0.3, -0.25) is 4.79 Å². The lowest BCUT2D eigenvalue weighted by Gasteiger charge is -2.36. The summed E-state index contributed by atoms with van der Waals surface area (Å²) in [5.74, 6) is -0.875. The number of carboxylic acids is 1. The van der Waals surface area contributed by atoms with Crippen molar-refractivity contribution < 1.29 is 14.7 Å². The topological polar surface area (TPSA) is 64.1 Å². The molecule has 0 aliphatic carbocycles. The lowest BCUT2D eigenvalue weighted by molar-refractivity contribution is -0.137. The highest BCUT2D eigenvalue weighted by Crippen LogP contribution is 2.04. The number of hydrogen-bond donors (Lipinski definition) is 1. The summed E-state index contributed by atoms with van der Waals surface area (Å²) < 4.78 is 0. The van der Waals surface area contributed by atoms with Crippen LogP contribution in [0.2, 0.25) is 0 Å². The SMILES string of the molecule is CCN1CCN(C(=O)N(C)CCC(=O)O)CC1. The van der Waals surface area contributed by atoms with Crippen molar-refractivity contribution in [2.45, 2.75) is 13.3 Å². The van der Waals surface area contributed by atoms with Crippen molar-refractivity contribution in [1.29, 1.82) is 0 Å². The van der Waals surface area contributed by atoms with Crippen molar-refractivity contribution >= 4 is 12.0 Å². The molecule has 1 aliphatic heterocycles. The predicted molar refractivity (Wildman–Crippen MR) is 64.0 cm³/mol. The first-order valence-electron chi connectivity index (χ1n) is 5.98. The van der Waals surface area contributed by atoms with Crippen molar-refractivity contribution in [2.24, 2.45) is 0 Å². The van der Waals surface area contributed by atoms with Crippen molar-refractivity contribution in [2.75, 3.05) is 46.3 Å². The molecule has 0 aromatic heterocycles. The Morgan fingerprint density at radius 1 is 1.24 bits per heavy atom. The third kappa shape index (κ3) is 4.22. The molecule has 0 bridgehead atoms. The minimum Gasteiger partial charge on any atom is -0.481 e. The van der Waals surface area contributed by atoms with E-state index in [9.17, 15) is 9.59 Å². The van der Waals surface area contributed by atoms with Crippen LogP contribution in [0.15, 0.2) is 0 Å². The molecule has 0 atom stereocenters. The molecule has 1 fully saturated rings. The molecule has 98 valence electrons. The van der Waals surface area contributed by atoms with Gasteiger partial charge in [-0.1, -0.05) is 6.92 Å². The minimum atomic E-state index is -0.875. The number of carboxylic acid groups (broad SMARTS) is 1. The van der Waals surface area contributed by atoms with Crippen LogP contribution in [-0.4, -0.2) is 78.1 Å². The Morgan fingerprint density at radius 3 is 2.29 bits per heavy atom. The van der Waals surface area contributed by atoms with Gasteiger partial charge in [-0.2, -0.15) is 0 Å². The number of nitrogens with zero attached hydrogens (tertiary/aromatic N) is 3. The number of likely N-dealkylation sites (N-methyl/N-ethyl adjacent to an activating group) is 1. The molecular formula is C11H21N3O3. The molecule has 6 heteroatoms. The summed E-state index contributed by atoms with van der Waals surface area (Å²) in [6.45, 7) is 6.63.